The highest BCUT2D eigenvalue weighted by atomic mass is 19.1. The van der Waals surface area contributed by atoms with E-state index in [0.29, 0.717) is 125 Å². The Morgan fingerprint density at radius 3 is 1.10 bits per heavy atom. The van der Waals surface area contributed by atoms with Crippen LogP contribution in [0.3, 0.4) is 0 Å². The van der Waals surface area contributed by atoms with Crippen molar-refractivity contribution in [3.63, 3.8) is 0 Å². The lowest BCUT2D eigenvalue weighted by Gasteiger charge is -2.44. The van der Waals surface area contributed by atoms with Crippen LogP contribution in [0.15, 0.2) is 341 Å². The van der Waals surface area contributed by atoms with Crippen LogP contribution in [0.25, 0.3) is 22.5 Å². The first-order valence-corrected chi connectivity index (χ1v) is 48.3. The van der Waals surface area contributed by atoms with E-state index in [4.69, 9.17) is 22.9 Å². The van der Waals surface area contributed by atoms with Crippen molar-refractivity contribution in [2.24, 2.45) is 22.9 Å². The summed E-state index contributed by atoms with van der Waals surface area (Å²) in [7, 11) is 0. The zero-order valence-electron chi connectivity index (χ0n) is 82.2. The number of hydrogen-bond donors (Lipinski definition) is 12. The van der Waals surface area contributed by atoms with Crippen molar-refractivity contribution in [1.82, 2.24) is 38.2 Å². The van der Waals surface area contributed by atoms with Crippen LogP contribution in [0.5, 0.6) is 34.5 Å². The van der Waals surface area contributed by atoms with E-state index in [-0.39, 0.29) is 71.2 Å². The van der Waals surface area contributed by atoms with Gasteiger partial charge in [0, 0.05) is 209 Å². The van der Waals surface area contributed by atoms with Crippen LogP contribution in [0.2, 0.25) is 0 Å². The molecular weight excluding hydrogens is 1890 g/mol. The zero-order chi connectivity index (χ0) is 105. The lowest BCUT2D eigenvalue weighted by molar-refractivity contribution is -0.119. The van der Waals surface area contributed by atoms with Crippen LogP contribution in [0.1, 0.15) is 107 Å². The summed E-state index contributed by atoms with van der Waals surface area (Å²) in [6.45, 7) is 16.9. The van der Waals surface area contributed by atoms with E-state index in [1.54, 1.807) is 75.6 Å². The van der Waals surface area contributed by atoms with E-state index in [9.17, 15) is 76.8 Å². The van der Waals surface area contributed by atoms with Gasteiger partial charge in [-0.1, -0.05) is 189 Å². The summed E-state index contributed by atoms with van der Waals surface area (Å²) in [6.07, 6.45) is 10.8. The molecule has 26 nitrogen and oxygen atoms in total. The molecule has 768 valence electrons. The molecule has 18 rings (SSSR count). The molecule has 32 heteroatoms. The number of piperazine rings is 2. The Morgan fingerprint density at radius 2 is 0.723 bits per heavy atom. The number of halogens is 6. The second kappa shape index (κ2) is 52.5. The molecule has 4 unspecified atom stereocenters. The fourth-order valence-corrected chi connectivity index (χ4v) is 17.8. The van der Waals surface area contributed by atoms with Gasteiger partial charge in [-0.3, -0.25) is 9.59 Å². The SMILES string of the molecule is C=C(N)Cc1c(Cc2ccccc2)ncn1Cc1cc(O)cc(F)c1.C=C(N)Cc1c(Cc2ccccc2)ncn1Cc1ccc(F)c(O)c1.CC(O)Cc1c(-c2ccccc2)ncn1Cc1cc(O)cc(F)c1.CC(O)Cc1c(-c2ccccc2)ncn1Cc1ccc(F)c(O)c1.NC(=O)CCC1CN(c2ccccc2)CCN1c1ccc(F)c(O)c1.NC(=O)CCC1CN(c2ccccc2)CCN1c1cccc(O)c1F. The Hall–Kier alpha value is -17.0. The van der Waals surface area contributed by atoms with Gasteiger partial charge in [0.25, 0.3) is 0 Å². The van der Waals surface area contributed by atoms with E-state index in [2.05, 4.69) is 72.1 Å². The fourth-order valence-electron chi connectivity index (χ4n) is 17.8. The number of imidazole rings is 4. The fraction of sp³-hybridized carbons (Fsp3) is 0.224. The largest absolute Gasteiger partial charge is 0.508 e. The van der Waals surface area contributed by atoms with Crippen molar-refractivity contribution < 1.29 is 76.8 Å². The lowest BCUT2D eigenvalue weighted by atomic mass is 10.0. The van der Waals surface area contributed by atoms with Crippen molar-refractivity contribution in [2.75, 3.05) is 58.9 Å². The third-order valence-electron chi connectivity index (χ3n) is 24.8. The number of carbonyl (C=O) groups excluding carboxylic acids is 2. The molecule has 148 heavy (non-hydrogen) atoms. The van der Waals surface area contributed by atoms with Crippen LogP contribution in [0, 0.1) is 34.9 Å². The molecule has 2 fully saturated rings. The number of carbonyl (C=O) groups is 2. The summed E-state index contributed by atoms with van der Waals surface area (Å²) in [4.78, 5) is 49.0. The predicted molar refractivity (Wildman–Crippen MR) is 564 cm³/mol. The normalized spacial score (nSPS) is 13.6. The summed E-state index contributed by atoms with van der Waals surface area (Å²) in [5, 5.41) is 77.3. The van der Waals surface area contributed by atoms with Gasteiger partial charge in [0.15, 0.2) is 46.3 Å². The molecule has 12 aromatic carbocycles. The minimum atomic E-state index is -0.640. The van der Waals surface area contributed by atoms with Crippen LogP contribution in [-0.2, 0) is 74.3 Å². The average molecular weight is 2010 g/mol. The number of hydrogen-bond acceptors (Lipinski definition) is 20. The number of benzene rings is 12. The Bertz CT molecular complexity index is 7030. The van der Waals surface area contributed by atoms with Gasteiger partial charge in [0.2, 0.25) is 11.8 Å². The van der Waals surface area contributed by atoms with Crippen LogP contribution in [0.4, 0.5) is 49.1 Å². The minimum absolute atomic E-state index is 0.0475. The molecule has 16 N–H and O–H groups in total. The maximum absolute atomic E-state index is 14.4. The maximum atomic E-state index is 14.4. The minimum Gasteiger partial charge on any atom is -0.508 e. The summed E-state index contributed by atoms with van der Waals surface area (Å²) >= 11 is 0. The molecule has 0 saturated carbocycles. The number of anilines is 4. The molecule has 2 aliphatic heterocycles. The Balaban J connectivity index is 0.000000148. The summed E-state index contributed by atoms with van der Waals surface area (Å²) < 4.78 is 88.9. The molecule has 2 saturated heterocycles. The third-order valence-corrected chi connectivity index (χ3v) is 24.8. The predicted octanol–water partition coefficient (Wildman–Crippen LogP) is 18.5. The van der Waals surface area contributed by atoms with E-state index < -0.39 is 47.1 Å². The van der Waals surface area contributed by atoms with Crippen molar-refractivity contribution in [2.45, 2.75) is 129 Å². The summed E-state index contributed by atoms with van der Waals surface area (Å²) in [5.41, 5.74) is 41.0. The zero-order valence-corrected chi connectivity index (χ0v) is 82.2. The van der Waals surface area contributed by atoms with Crippen molar-refractivity contribution in [3.05, 3.63) is 443 Å². The number of amides is 2. The van der Waals surface area contributed by atoms with E-state index in [1.807, 2.05) is 181 Å². The van der Waals surface area contributed by atoms with E-state index >= 15 is 0 Å². The van der Waals surface area contributed by atoms with Crippen LogP contribution in [-0.4, -0.2) is 154 Å². The van der Waals surface area contributed by atoms with E-state index in [1.165, 1.54) is 60.7 Å². The smallest absolute Gasteiger partial charge is 0.217 e. The topological polar surface area (TPSA) is 384 Å². The van der Waals surface area contributed by atoms with Gasteiger partial charge in [-0.2, -0.15) is 0 Å². The highest BCUT2D eigenvalue weighted by molar-refractivity contribution is 5.74. The monoisotopic (exact) mass is 2010 g/mol. The molecule has 0 bridgehead atoms. The van der Waals surface area contributed by atoms with Gasteiger partial charge in [-0.05, 0) is 157 Å². The lowest BCUT2D eigenvalue weighted by Crippen LogP contribution is -2.54. The third kappa shape index (κ3) is 31.3. The van der Waals surface area contributed by atoms with Gasteiger partial charge in [-0.25, -0.2) is 46.3 Å². The first-order chi connectivity index (χ1) is 71.2. The molecular formula is C116H122F6N16O10. The molecule has 2 aliphatic rings. The molecule has 0 radical (unpaired) electrons. The van der Waals surface area contributed by atoms with Crippen LogP contribution >= 0.6 is 0 Å². The molecule has 2 amide bonds. The first kappa shape index (κ1) is 108. The van der Waals surface area contributed by atoms with Crippen LogP contribution < -0.4 is 42.5 Å². The molecule has 0 aliphatic carbocycles. The second-order valence-electron chi connectivity index (χ2n) is 36.4. The van der Waals surface area contributed by atoms with Crippen molar-refractivity contribution >= 4 is 34.6 Å². The Labute approximate surface area is 855 Å². The highest BCUT2D eigenvalue weighted by Gasteiger charge is 2.32. The molecule has 6 heterocycles. The van der Waals surface area contributed by atoms with E-state index in [0.717, 1.165) is 128 Å². The van der Waals surface area contributed by atoms with Gasteiger partial charge >= 0.3 is 0 Å². The number of phenols is 6. The Morgan fingerprint density at radius 1 is 0.365 bits per heavy atom. The Kier molecular flexibility index (Phi) is 38.4. The number of nitrogens with zero attached hydrogens (tertiary/aromatic N) is 12. The highest BCUT2D eigenvalue weighted by Crippen LogP contribution is 2.36. The number of rotatable bonds is 32. The average Bonchev–Trinajstić information content (AvgIpc) is 1.75. The number of aliphatic hydroxyl groups excluding tert-OH is 2. The number of aromatic hydroxyl groups is 6. The number of phenolic OH excluding ortho intramolecular Hbond substituents is 6. The number of aliphatic hydroxyl groups is 2. The quantitative estimate of drug-likeness (QED) is 0.0174. The number of aromatic nitrogens is 8. The molecule has 4 aromatic heterocycles. The van der Waals surface area contributed by atoms with Gasteiger partial charge < -0.3 is 102 Å². The molecule has 4 atom stereocenters. The standard InChI is InChI=1S/2C20H20FN3O.2C19H22FN3O2.2C19H19FN2O2/c1-14(22)7-20-19(10-15-5-3-2-4-6-15)23-13-24(20)12-16-8-17(21)11-18(25)9-16;1-14(22)9-19-18(10-15-5-3-2-4-6-15)23-13-24(19)12-16-7-8-17(21)20(25)11-16;20-19-16(7-4-8-17(19)24)23-12-11-22(14-5-2-1-3-6-14)13-15(23)9-10-18(21)25;20-17-8-6-15(12-18(17)24)23-11-10-22(14-4-2-1-3-5-14)13-16(23)7-9-19(21)25;1-13(23)7-18-19(15-5-3-2-4-6-15)21-12-22(18)11-14-8-16(20)10-17(24)9-14;1-13(23)9-17-19(15-5-3-2-4-6-15)21-12-22(17)11-14-7-8-16(20)18(24)10-14/h2-6,8-9,11,13,25H,1,7,10,12,22H2;2-8,11,13,25H,1,9-10,12,22H2;1-8,15,24H,9-13H2,(H2,21,25);1-6,8,12,16,24H,7,9-11,13H2,(H2,21,25);2-6,8-10,12-13,23-24H,7,11H2,1H3;2-8,10,12-13,23-24H,9,11H2,1H3. The molecule has 16 aromatic rings. The second-order valence-corrected chi connectivity index (χ2v) is 36.4. The number of para-hydroxylation sites is 2. The number of nitrogens with two attached hydrogens (primary N) is 4. The maximum Gasteiger partial charge on any atom is 0.217 e. The number of allylic oxidation sites excluding steroid dienone is 2. The van der Waals surface area contributed by atoms with Gasteiger partial charge in [0.1, 0.15) is 23.1 Å². The number of primary amides is 2. The van der Waals surface area contributed by atoms with Crippen molar-refractivity contribution in [3.8, 4) is 57.0 Å². The van der Waals surface area contributed by atoms with Crippen molar-refractivity contribution in [1.29, 1.82) is 0 Å². The summed E-state index contributed by atoms with van der Waals surface area (Å²) in [5.74, 6) is -5.84. The first-order valence-electron chi connectivity index (χ1n) is 48.3. The van der Waals surface area contributed by atoms with Gasteiger partial charge in [0.05, 0.1) is 66.0 Å². The molecule has 0 spiro atoms. The summed E-state index contributed by atoms with van der Waals surface area (Å²) in [6, 6.07) is 85.3. The van der Waals surface area contributed by atoms with Gasteiger partial charge in [-0.15, -0.1) is 0 Å².